The predicted octanol–water partition coefficient (Wildman–Crippen LogP) is 3.07. The number of thiazole rings is 1. The number of hydrogen-bond acceptors (Lipinski definition) is 5. The van der Waals surface area contributed by atoms with Crippen LogP contribution in [0.4, 0.5) is 0 Å². The third-order valence-corrected chi connectivity index (χ3v) is 7.45. The highest BCUT2D eigenvalue weighted by Crippen LogP contribution is 2.27. The minimum absolute atomic E-state index is 0.158. The van der Waals surface area contributed by atoms with E-state index in [-0.39, 0.29) is 16.8 Å². The third kappa shape index (κ3) is 5.40. The van der Waals surface area contributed by atoms with E-state index in [0.29, 0.717) is 12.1 Å². The number of sulfonamides is 1. The summed E-state index contributed by atoms with van der Waals surface area (Å²) in [5.74, 6) is -0.195. The molecule has 0 aliphatic heterocycles. The van der Waals surface area contributed by atoms with Crippen molar-refractivity contribution in [2.75, 3.05) is 6.54 Å². The van der Waals surface area contributed by atoms with Crippen LogP contribution in [-0.2, 0) is 29.3 Å². The number of carbonyl (C=O) groups is 1. The van der Waals surface area contributed by atoms with Crippen LogP contribution in [0.1, 0.15) is 59.0 Å². The van der Waals surface area contributed by atoms with Crippen LogP contribution < -0.4 is 10.0 Å². The zero-order valence-corrected chi connectivity index (χ0v) is 18.0. The molecule has 1 aromatic carbocycles. The van der Waals surface area contributed by atoms with Gasteiger partial charge in [-0.2, -0.15) is 0 Å². The highest BCUT2D eigenvalue weighted by Gasteiger charge is 2.17. The lowest BCUT2D eigenvalue weighted by atomic mass is 10.0. The second kappa shape index (κ2) is 9.15. The largest absolute Gasteiger partial charge is 0.352 e. The number of aryl methyl sites for hydroxylation is 3. The molecular formula is C20H27N3O3S2. The molecule has 6 nitrogen and oxygen atoms in total. The first-order chi connectivity index (χ1) is 13.3. The maximum atomic E-state index is 12.3. The van der Waals surface area contributed by atoms with Crippen LogP contribution in [0.3, 0.4) is 0 Å². The molecule has 0 saturated carbocycles. The number of hydrogen-bond donors (Lipinski definition) is 2. The lowest BCUT2D eigenvalue weighted by Gasteiger charge is -2.10. The Bertz CT molecular complexity index is 895. The van der Waals surface area contributed by atoms with E-state index in [9.17, 15) is 13.2 Å². The summed E-state index contributed by atoms with van der Waals surface area (Å²) in [6.45, 7) is 4.10. The Balaban J connectivity index is 1.47. The number of nitrogens with zero attached hydrogens (tertiary/aromatic N) is 1. The molecule has 2 aromatic rings. The molecule has 1 aliphatic carbocycles. The standard InChI is InChI=1S/C20H27N3O3S2/c1-14(2)23-28(25,26)16-11-9-15(10-12-16)20(24)21-13-5-8-19-22-17-6-3-4-7-18(17)27-19/h9-12,14,23H,3-8,13H2,1-2H3,(H,21,24). The van der Waals surface area contributed by atoms with Gasteiger partial charge in [-0.15, -0.1) is 11.3 Å². The Labute approximate surface area is 170 Å². The van der Waals surface area contributed by atoms with Gasteiger partial charge in [-0.05, 0) is 70.2 Å². The quantitative estimate of drug-likeness (QED) is 0.641. The topological polar surface area (TPSA) is 88.2 Å². The Hall–Kier alpha value is -1.77. The summed E-state index contributed by atoms with van der Waals surface area (Å²) in [5, 5.41) is 4.05. The molecule has 0 fully saturated rings. The van der Waals surface area contributed by atoms with Crippen LogP contribution >= 0.6 is 11.3 Å². The number of aromatic nitrogens is 1. The molecule has 8 heteroatoms. The molecule has 0 radical (unpaired) electrons. The van der Waals surface area contributed by atoms with Crippen LogP contribution in [0.25, 0.3) is 0 Å². The van der Waals surface area contributed by atoms with Gasteiger partial charge in [0.15, 0.2) is 0 Å². The monoisotopic (exact) mass is 421 g/mol. The average Bonchev–Trinajstić information content (AvgIpc) is 3.07. The molecule has 3 rings (SSSR count). The summed E-state index contributed by atoms with van der Waals surface area (Å²) in [6, 6.07) is 5.81. The molecule has 0 bridgehead atoms. The Morgan fingerprint density at radius 1 is 1.18 bits per heavy atom. The first-order valence-electron chi connectivity index (χ1n) is 9.73. The van der Waals surface area contributed by atoms with E-state index in [1.807, 2.05) is 11.3 Å². The van der Waals surface area contributed by atoms with Gasteiger partial charge in [0.25, 0.3) is 5.91 Å². The first kappa shape index (κ1) is 21.0. The summed E-state index contributed by atoms with van der Waals surface area (Å²) in [4.78, 5) is 18.6. The summed E-state index contributed by atoms with van der Waals surface area (Å²) in [5.41, 5.74) is 1.73. The lowest BCUT2D eigenvalue weighted by Crippen LogP contribution is -2.30. The minimum atomic E-state index is -3.54. The SMILES string of the molecule is CC(C)NS(=O)(=O)c1ccc(C(=O)NCCCc2nc3c(s2)CCCC3)cc1. The maximum Gasteiger partial charge on any atom is 0.251 e. The van der Waals surface area contributed by atoms with Gasteiger partial charge >= 0.3 is 0 Å². The van der Waals surface area contributed by atoms with Gasteiger partial charge in [-0.25, -0.2) is 18.1 Å². The average molecular weight is 422 g/mol. The van der Waals surface area contributed by atoms with Crippen LogP contribution in [-0.4, -0.2) is 31.9 Å². The fourth-order valence-corrected chi connectivity index (χ4v) is 5.67. The van der Waals surface area contributed by atoms with E-state index < -0.39 is 10.0 Å². The Kier molecular flexibility index (Phi) is 6.85. The van der Waals surface area contributed by atoms with Crippen LogP contribution in [0, 0.1) is 0 Å². The fraction of sp³-hybridized carbons (Fsp3) is 0.500. The summed E-state index contributed by atoms with van der Waals surface area (Å²) < 4.78 is 26.8. The van der Waals surface area contributed by atoms with Crippen LogP contribution in [0.2, 0.25) is 0 Å². The van der Waals surface area contributed by atoms with Crippen molar-refractivity contribution in [3.05, 3.63) is 45.4 Å². The molecule has 0 unspecified atom stereocenters. The molecule has 1 aromatic heterocycles. The fourth-order valence-electron chi connectivity index (χ4n) is 3.22. The van der Waals surface area contributed by atoms with Crippen molar-refractivity contribution in [2.24, 2.45) is 0 Å². The molecule has 28 heavy (non-hydrogen) atoms. The third-order valence-electron chi connectivity index (χ3n) is 4.56. The minimum Gasteiger partial charge on any atom is -0.352 e. The molecule has 1 amide bonds. The molecule has 2 N–H and O–H groups in total. The van der Waals surface area contributed by atoms with Gasteiger partial charge in [0.1, 0.15) is 0 Å². The number of benzene rings is 1. The van der Waals surface area contributed by atoms with E-state index >= 15 is 0 Å². The molecule has 0 spiro atoms. The molecule has 1 heterocycles. The zero-order chi connectivity index (χ0) is 20.1. The first-order valence-corrected chi connectivity index (χ1v) is 12.0. The summed E-state index contributed by atoms with van der Waals surface area (Å²) in [7, 11) is -3.54. The van der Waals surface area contributed by atoms with Gasteiger partial charge in [0, 0.05) is 29.4 Å². The van der Waals surface area contributed by atoms with E-state index in [2.05, 4.69) is 10.0 Å². The predicted molar refractivity (Wildman–Crippen MR) is 111 cm³/mol. The lowest BCUT2D eigenvalue weighted by molar-refractivity contribution is 0.0953. The highest BCUT2D eigenvalue weighted by atomic mass is 32.2. The van der Waals surface area contributed by atoms with Gasteiger partial charge in [0.05, 0.1) is 15.6 Å². The number of carbonyl (C=O) groups excluding carboxylic acids is 1. The molecule has 1 aliphatic rings. The second-order valence-electron chi connectivity index (χ2n) is 7.34. The van der Waals surface area contributed by atoms with Gasteiger partial charge in [-0.3, -0.25) is 4.79 Å². The molecule has 152 valence electrons. The summed E-state index contributed by atoms with van der Waals surface area (Å²) in [6.07, 6.45) is 6.46. The van der Waals surface area contributed by atoms with Crippen molar-refractivity contribution in [2.45, 2.75) is 63.3 Å². The van der Waals surface area contributed by atoms with Crippen molar-refractivity contribution in [3.8, 4) is 0 Å². The van der Waals surface area contributed by atoms with E-state index in [4.69, 9.17) is 4.98 Å². The number of fused-ring (bicyclic) bond motifs is 1. The van der Waals surface area contributed by atoms with Crippen molar-refractivity contribution in [1.29, 1.82) is 0 Å². The van der Waals surface area contributed by atoms with Crippen molar-refractivity contribution in [1.82, 2.24) is 15.0 Å². The van der Waals surface area contributed by atoms with Gasteiger partial charge < -0.3 is 5.32 Å². The Morgan fingerprint density at radius 3 is 2.57 bits per heavy atom. The maximum absolute atomic E-state index is 12.3. The number of nitrogens with one attached hydrogen (secondary N) is 2. The number of amides is 1. The number of rotatable bonds is 8. The normalized spacial score (nSPS) is 14.1. The second-order valence-corrected chi connectivity index (χ2v) is 10.2. The van der Waals surface area contributed by atoms with Crippen LogP contribution in [0.5, 0.6) is 0 Å². The molecule has 0 saturated heterocycles. The molecular weight excluding hydrogens is 394 g/mol. The van der Waals surface area contributed by atoms with Gasteiger partial charge in [0.2, 0.25) is 10.0 Å². The smallest absolute Gasteiger partial charge is 0.251 e. The van der Waals surface area contributed by atoms with Crippen molar-refractivity contribution in [3.63, 3.8) is 0 Å². The van der Waals surface area contributed by atoms with E-state index in [1.54, 1.807) is 26.0 Å². The van der Waals surface area contributed by atoms with Crippen LogP contribution in [0.15, 0.2) is 29.2 Å². The highest BCUT2D eigenvalue weighted by molar-refractivity contribution is 7.89. The van der Waals surface area contributed by atoms with Crippen molar-refractivity contribution >= 4 is 27.3 Å². The van der Waals surface area contributed by atoms with Gasteiger partial charge in [-0.1, -0.05) is 0 Å². The Morgan fingerprint density at radius 2 is 1.89 bits per heavy atom. The van der Waals surface area contributed by atoms with E-state index in [0.717, 1.165) is 30.7 Å². The van der Waals surface area contributed by atoms with Crippen molar-refractivity contribution < 1.29 is 13.2 Å². The molecule has 0 atom stereocenters. The van der Waals surface area contributed by atoms with E-state index in [1.165, 1.54) is 35.5 Å². The summed E-state index contributed by atoms with van der Waals surface area (Å²) >= 11 is 1.81. The zero-order valence-electron chi connectivity index (χ0n) is 16.3.